The Bertz CT molecular complexity index is 1090. The van der Waals surface area contributed by atoms with Gasteiger partial charge in [-0.1, -0.05) is 6.07 Å². The Kier molecular flexibility index (Phi) is 5.02. The Morgan fingerprint density at radius 3 is 2.54 bits per heavy atom. The molecule has 28 heavy (non-hydrogen) atoms. The molecular weight excluding hydrogens is 376 g/mol. The molecule has 0 unspecified atom stereocenters. The van der Waals surface area contributed by atoms with Crippen LogP contribution in [0.25, 0.3) is 0 Å². The van der Waals surface area contributed by atoms with Crippen molar-refractivity contribution in [2.45, 2.75) is 30.7 Å². The Morgan fingerprint density at radius 1 is 1.00 bits per heavy atom. The number of nitrogens with one attached hydrogen (secondary N) is 2. The maximum absolute atomic E-state index is 12.5. The third kappa shape index (κ3) is 4.00. The van der Waals surface area contributed by atoms with Gasteiger partial charge in [0.2, 0.25) is 10.0 Å². The minimum atomic E-state index is -3.69. The van der Waals surface area contributed by atoms with Crippen LogP contribution in [-0.2, 0) is 29.4 Å². The predicted molar refractivity (Wildman–Crippen MR) is 106 cm³/mol. The SMILES string of the molecule is O=C(Nc1ccc2c(c1)CCC2)c1ccc(S(=O)(=O)NCc2ccco2)cc1. The predicted octanol–water partition coefficient (Wildman–Crippen LogP) is 3.50. The largest absolute Gasteiger partial charge is 0.468 e. The van der Waals surface area contributed by atoms with Gasteiger partial charge in [0, 0.05) is 11.3 Å². The number of sulfonamides is 1. The first kappa shape index (κ1) is 18.5. The molecule has 0 bridgehead atoms. The van der Waals surface area contributed by atoms with E-state index in [4.69, 9.17) is 4.42 Å². The maximum atomic E-state index is 12.5. The van der Waals surface area contributed by atoms with Crippen LogP contribution >= 0.6 is 0 Å². The molecule has 7 heteroatoms. The zero-order chi connectivity index (χ0) is 19.6. The van der Waals surface area contributed by atoms with Gasteiger partial charge >= 0.3 is 0 Å². The third-order valence-electron chi connectivity index (χ3n) is 4.80. The average Bonchev–Trinajstić information content (AvgIpc) is 3.38. The number of carbonyl (C=O) groups is 1. The average molecular weight is 396 g/mol. The summed E-state index contributed by atoms with van der Waals surface area (Å²) in [5.41, 5.74) is 3.77. The molecule has 1 aliphatic carbocycles. The molecule has 1 aliphatic rings. The highest BCUT2D eigenvalue weighted by Crippen LogP contribution is 2.25. The molecule has 0 spiro atoms. The molecule has 1 amide bonds. The van der Waals surface area contributed by atoms with E-state index in [9.17, 15) is 13.2 Å². The Morgan fingerprint density at radius 2 is 1.79 bits per heavy atom. The second-order valence-electron chi connectivity index (χ2n) is 6.72. The van der Waals surface area contributed by atoms with Gasteiger partial charge in [0.1, 0.15) is 5.76 Å². The number of rotatable bonds is 6. The van der Waals surface area contributed by atoms with E-state index in [1.54, 1.807) is 12.1 Å². The van der Waals surface area contributed by atoms with Gasteiger partial charge in [0.05, 0.1) is 17.7 Å². The summed E-state index contributed by atoms with van der Waals surface area (Å²) in [6.45, 7) is 0.0654. The minimum Gasteiger partial charge on any atom is -0.468 e. The van der Waals surface area contributed by atoms with Crippen LogP contribution < -0.4 is 10.0 Å². The van der Waals surface area contributed by atoms with Crippen LogP contribution in [0.1, 0.15) is 33.7 Å². The zero-order valence-electron chi connectivity index (χ0n) is 15.1. The molecule has 0 saturated heterocycles. The molecule has 6 nitrogen and oxygen atoms in total. The minimum absolute atomic E-state index is 0.0654. The molecular formula is C21H20N2O4S. The Balaban J connectivity index is 1.42. The molecule has 0 radical (unpaired) electrons. The van der Waals surface area contributed by atoms with Gasteiger partial charge < -0.3 is 9.73 Å². The number of hydrogen-bond acceptors (Lipinski definition) is 4. The molecule has 144 valence electrons. The molecule has 0 atom stereocenters. The van der Waals surface area contributed by atoms with Gasteiger partial charge in [-0.25, -0.2) is 13.1 Å². The first-order valence-corrected chi connectivity index (χ1v) is 10.5. The fourth-order valence-electron chi connectivity index (χ4n) is 3.30. The number of aryl methyl sites for hydroxylation is 2. The number of amides is 1. The normalized spacial score (nSPS) is 13.3. The highest BCUT2D eigenvalue weighted by Gasteiger charge is 2.16. The van der Waals surface area contributed by atoms with Gasteiger partial charge in [-0.3, -0.25) is 4.79 Å². The number of furan rings is 1. The van der Waals surface area contributed by atoms with Crippen LogP contribution in [0.5, 0.6) is 0 Å². The summed E-state index contributed by atoms with van der Waals surface area (Å²) < 4.78 is 32.3. The van der Waals surface area contributed by atoms with Crippen molar-refractivity contribution in [3.63, 3.8) is 0 Å². The van der Waals surface area contributed by atoms with Crippen molar-refractivity contribution in [2.75, 3.05) is 5.32 Å². The number of carbonyl (C=O) groups excluding carboxylic acids is 1. The number of hydrogen-bond donors (Lipinski definition) is 2. The molecule has 1 aromatic heterocycles. The van der Waals surface area contributed by atoms with Crippen molar-refractivity contribution in [3.8, 4) is 0 Å². The lowest BCUT2D eigenvalue weighted by molar-refractivity contribution is 0.102. The fourth-order valence-corrected chi connectivity index (χ4v) is 4.29. The van der Waals surface area contributed by atoms with Crippen LogP contribution in [0.2, 0.25) is 0 Å². The highest BCUT2D eigenvalue weighted by atomic mass is 32.2. The van der Waals surface area contributed by atoms with Gasteiger partial charge in [0.25, 0.3) is 5.91 Å². The summed E-state index contributed by atoms with van der Waals surface area (Å²) in [5.74, 6) is 0.249. The second-order valence-corrected chi connectivity index (χ2v) is 8.49. The third-order valence-corrected chi connectivity index (χ3v) is 6.22. The zero-order valence-corrected chi connectivity index (χ0v) is 16.0. The van der Waals surface area contributed by atoms with Crippen molar-refractivity contribution in [1.29, 1.82) is 0 Å². The van der Waals surface area contributed by atoms with Crippen molar-refractivity contribution in [1.82, 2.24) is 4.72 Å². The van der Waals surface area contributed by atoms with Crippen LogP contribution in [-0.4, -0.2) is 14.3 Å². The van der Waals surface area contributed by atoms with E-state index in [0.29, 0.717) is 11.3 Å². The fraction of sp³-hybridized carbons (Fsp3) is 0.190. The number of fused-ring (bicyclic) bond motifs is 1. The molecule has 2 N–H and O–H groups in total. The van der Waals surface area contributed by atoms with Crippen molar-refractivity contribution in [3.05, 3.63) is 83.3 Å². The first-order chi connectivity index (χ1) is 13.5. The van der Waals surface area contributed by atoms with Crippen LogP contribution in [0.4, 0.5) is 5.69 Å². The van der Waals surface area contributed by atoms with Gasteiger partial charge in [-0.2, -0.15) is 0 Å². The highest BCUT2D eigenvalue weighted by molar-refractivity contribution is 7.89. The van der Waals surface area contributed by atoms with Crippen LogP contribution in [0.3, 0.4) is 0 Å². The number of benzene rings is 2. The van der Waals surface area contributed by atoms with E-state index in [-0.39, 0.29) is 17.3 Å². The Labute approximate surface area is 163 Å². The topological polar surface area (TPSA) is 88.4 Å². The van der Waals surface area contributed by atoms with E-state index in [1.807, 2.05) is 12.1 Å². The van der Waals surface area contributed by atoms with Crippen molar-refractivity contribution in [2.24, 2.45) is 0 Å². The van der Waals surface area contributed by atoms with Gasteiger partial charge in [-0.05, 0) is 78.9 Å². The monoisotopic (exact) mass is 396 g/mol. The quantitative estimate of drug-likeness (QED) is 0.667. The maximum Gasteiger partial charge on any atom is 0.255 e. The molecule has 0 fully saturated rings. The molecule has 3 aromatic rings. The van der Waals surface area contributed by atoms with Gasteiger partial charge in [0.15, 0.2) is 0 Å². The van der Waals surface area contributed by atoms with E-state index in [2.05, 4.69) is 16.1 Å². The molecule has 1 heterocycles. The van der Waals surface area contributed by atoms with Crippen LogP contribution in [0, 0.1) is 0 Å². The molecule has 0 saturated carbocycles. The molecule has 2 aromatic carbocycles. The summed E-state index contributed by atoms with van der Waals surface area (Å²) in [6.07, 6.45) is 4.76. The summed E-state index contributed by atoms with van der Waals surface area (Å²) in [6, 6.07) is 15.2. The first-order valence-electron chi connectivity index (χ1n) is 9.06. The van der Waals surface area contributed by atoms with E-state index in [0.717, 1.165) is 24.9 Å². The number of anilines is 1. The van der Waals surface area contributed by atoms with Crippen molar-refractivity contribution < 1.29 is 17.6 Å². The van der Waals surface area contributed by atoms with Crippen LogP contribution in [0.15, 0.2) is 70.2 Å². The lowest BCUT2D eigenvalue weighted by atomic mass is 10.1. The second kappa shape index (κ2) is 7.61. The smallest absolute Gasteiger partial charge is 0.255 e. The van der Waals surface area contributed by atoms with Crippen molar-refractivity contribution >= 4 is 21.6 Å². The summed E-state index contributed by atoms with van der Waals surface area (Å²) in [5, 5.41) is 2.87. The van der Waals surface area contributed by atoms with E-state index >= 15 is 0 Å². The summed E-state index contributed by atoms with van der Waals surface area (Å²) >= 11 is 0. The summed E-state index contributed by atoms with van der Waals surface area (Å²) in [4.78, 5) is 12.6. The summed E-state index contributed by atoms with van der Waals surface area (Å²) in [7, 11) is -3.69. The Hall–Kier alpha value is -2.90. The van der Waals surface area contributed by atoms with Gasteiger partial charge in [-0.15, -0.1) is 0 Å². The lowest BCUT2D eigenvalue weighted by Gasteiger charge is -2.09. The molecule has 4 rings (SSSR count). The molecule has 0 aliphatic heterocycles. The van der Waals surface area contributed by atoms with E-state index < -0.39 is 10.0 Å². The van der Waals surface area contributed by atoms with E-state index in [1.165, 1.54) is 41.7 Å². The lowest BCUT2D eigenvalue weighted by Crippen LogP contribution is -2.23. The standard InChI is InChI=1S/C21H20N2O4S/c24-21(23-18-9-6-15-3-1-4-17(15)13-18)16-7-10-20(11-8-16)28(25,26)22-14-19-5-2-12-27-19/h2,5-13,22H,1,3-4,14H2,(H,23,24).